The molecule has 2 rings (SSSR count). The van der Waals surface area contributed by atoms with Gasteiger partial charge in [-0.3, -0.25) is 0 Å². The van der Waals surface area contributed by atoms with Crippen LogP contribution in [0.15, 0.2) is 18.2 Å². The summed E-state index contributed by atoms with van der Waals surface area (Å²) in [7, 11) is 1.71. The van der Waals surface area contributed by atoms with E-state index in [0.29, 0.717) is 6.10 Å². The van der Waals surface area contributed by atoms with E-state index in [1.807, 2.05) is 12.1 Å². The van der Waals surface area contributed by atoms with Crippen molar-refractivity contribution >= 4 is 0 Å². The summed E-state index contributed by atoms with van der Waals surface area (Å²) in [5, 5.41) is 0. The Morgan fingerprint density at radius 2 is 1.88 bits per heavy atom. The predicted octanol–water partition coefficient (Wildman–Crippen LogP) is 3.53. The molecule has 0 heterocycles. The molecule has 1 aromatic carbocycles. The molecular weight excluding hydrogens is 200 g/mol. The van der Waals surface area contributed by atoms with Crippen LogP contribution in [-0.2, 0) is 5.41 Å². The van der Waals surface area contributed by atoms with Crippen molar-refractivity contribution in [3.63, 3.8) is 0 Å². The van der Waals surface area contributed by atoms with Crippen LogP contribution >= 0.6 is 0 Å². The summed E-state index contributed by atoms with van der Waals surface area (Å²) in [5.74, 6) is 1.91. The van der Waals surface area contributed by atoms with Crippen molar-refractivity contribution < 1.29 is 9.47 Å². The zero-order valence-electron chi connectivity index (χ0n) is 10.5. The van der Waals surface area contributed by atoms with Gasteiger partial charge < -0.3 is 9.47 Å². The molecule has 1 saturated carbocycles. The lowest BCUT2D eigenvalue weighted by Gasteiger charge is -2.22. The van der Waals surface area contributed by atoms with E-state index in [2.05, 4.69) is 26.8 Å². The molecule has 0 amide bonds. The van der Waals surface area contributed by atoms with Crippen molar-refractivity contribution in [1.29, 1.82) is 0 Å². The summed E-state index contributed by atoms with van der Waals surface area (Å²) in [6.07, 6.45) is 2.83. The van der Waals surface area contributed by atoms with Crippen molar-refractivity contribution in [3.8, 4) is 11.5 Å². The molecule has 0 aromatic heterocycles. The number of ether oxygens (including phenoxy) is 2. The van der Waals surface area contributed by atoms with Gasteiger partial charge in [0.05, 0.1) is 13.2 Å². The largest absolute Gasteiger partial charge is 0.496 e. The molecule has 0 N–H and O–H groups in total. The molecule has 1 fully saturated rings. The Balaban J connectivity index is 2.29. The van der Waals surface area contributed by atoms with Crippen molar-refractivity contribution in [2.75, 3.05) is 7.11 Å². The number of methoxy groups -OCH3 is 1. The van der Waals surface area contributed by atoms with Crippen LogP contribution in [0.5, 0.6) is 11.5 Å². The molecule has 0 unspecified atom stereocenters. The summed E-state index contributed by atoms with van der Waals surface area (Å²) in [6, 6.07) is 6.10. The van der Waals surface area contributed by atoms with Gasteiger partial charge in [0, 0.05) is 5.56 Å². The third kappa shape index (κ3) is 2.49. The number of benzene rings is 1. The van der Waals surface area contributed by atoms with Crippen molar-refractivity contribution in [1.82, 2.24) is 0 Å². The zero-order valence-corrected chi connectivity index (χ0v) is 10.5. The Morgan fingerprint density at radius 1 is 1.19 bits per heavy atom. The maximum atomic E-state index is 5.81. The van der Waals surface area contributed by atoms with Gasteiger partial charge in [0.25, 0.3) is 0 Å². The second-order valence-corrected chi connectivity index (χ2v) is 5.43. The van der Waals surface area contributed by atoms with Crippen LogP contribution in [-0.4, -0.2) is 13.2 Å². The van der Waals surface area contributed by atoms with Gasteiger partial charge in [-0.15, -0.1) is 0 Å². The Hall–Kier alpha value is -1.18. The first-order valence-corrected chi connectivity index (χ1v) is 5.86. The highest BCUT2D eigenvalue weighted by Gasteiger charge is 2.25. The average Bonchev–Trinajstić information content (AvgIpc) is 3.00. The van der Waals surface area contributed by atoms with Gasteiger partial charge in [-0.1, -0.05) is 20.8 Å². The van der Waals surface area contributed by atoms with Crippen LogP contribution in [0.1, 0.15) is 39.2 Å². The van der Waals surface area contributed by atoms with Crippen molar-refractivity contribution in [2.24, 2.45) is 0 Å². The van der Waals surface area contributed by atoms with Gasteiger partial charge in [-0.05, 0) is 36.5 Å². The van der Waals surface area contributed by atoms with Gasteiger partial charge in [-0.25, -0.2) is 0 Å². The first kappa shape index (κ1) is 11.3. The fraction of sp³-hybridized carbons (Fsp3) is 0.571. The molecule has 0 atom stereocenters. The smallest absolute Gasteiger partial charge is 0.122 e. The molecule has 0 radical (unpaired) electrons. The molecule has 1 aromatic rings. The Labute approximate surface area is 97.6 Å². The quantitative estimate of drug-likeness (QED) is 0.775. The van der Waals surface area contributed by atoms with Crippen LogP contribution < -0.4 is 9.47 Å². The van der Waals surface area contributed by atoms with Crippen LogP contribution in [0.25, 0.3) is 0 Å². The Morgan fingerprint density at radius 3 is 2.38 bits per heavy atom. The van der Waals surface area contributed by atoms with Gasteiger partial charge in [0.1, 0.15) is 11.5 Å². The highest BCUT2D eigenvalue weighted by atomic mass is 16.5. The summed E-state index contributed by atoms with van der Waals surface area (Å²) in [4.78, 5) is 0. The Bertz CT molecular complexity index is 373. The summed E-state index contributed by atoms with van der Waals surface area (Å²) >= 11 is 0. The number of hydrogen-bond acceptors (Lipinski definition) is 2. The van der Waals surface area contributed by atoms with Crippen LogP contribution in [0, 0.1) is 0 Å². The molecule has 0 aliphatic heterocycles. The zero-order chi connectivity index (χ0) is 11.8. The van der Waals surface area contributed by atoms with E-state index in [1.165, 1.54) is 18.4 Å². The highest BCUT2D eigenvalue weighted by Crippen LogP contribution is 2.36. The van der Waals surface area contributed by atoms with Gasteiger partial charge in [0.15, 0.2) is 0 Å². The predicted molar refractivity (Wildman–Crippen MR) is 65.3 cm³/mol. The van der Waals surface area contributed by atoms with E-state index in [9.17, 15) is 0 Å². The van der Waals surface area contributed by atoms with E-state index >= 15 is 0 Å². The molecule has 1 aliphatic carbocycles. The minimum absolute atomic E-state index is 0.0776. The van der Waals surface area contributed by atoms with Gasteiger partial charge in [-0.2, -0.15) is 0 Å². The average molecular weight is 220 g/mol. The second kappa shape index (κ2) is 4.00. The second-order valence-electron chi connectivity index (χ2n) is 5.43. The first-order valence-electron chi connectivity index (χ1n) is 5.86. The topological polar surface area (TPSA) is 18.5 Å². The fourth-order valence-electron chi connectivity index (χ4n) is 1.72. The third-order valence-corrected chi connectivity index (χ3v) is 2.81. The normalized spacial score (nSPS) is 16.0. The molecule has 0 spiro atoms. The van der Waals surface area contributed by atoms with Crippen LogP contribution in [0.2, 0.25) is 0 Å². The molecule has 2 heteroatoms. The number of hydrogen-bond donors (Lipinski definition) is 0. The molecule has 0 saturated heterocycles. The van der Waals surface area contributed by atoms with Gasteiger partial charge >= 0.3 is 0 Å². The molecule has 0 bridgehead atoms. The molecule has 1 aliphatic rings. The van der Waals surface area contributed by atoms with E-state index in [4.69, 9.17) is 9.47 Å². The third-order valence-electron chi connectivity index (χ3n) is 2.81. The first-order chi connectivity index (χ1) is 7.50. The molecule has 16 heavy (non-hydrogen) atoms. The lowest BCUT2D eigenvalue weighted by Crippen LogP contribution is -2.13. The standard InChI is InChI=1S/C14H20O2/c1-14(2,3)12-9-11(16-10-5-6-10)7-8-13(12)15-4/h7-10H,5-6H2,1-4H3. The van der Waals surface area contributed by atoms with Crippen molar-refractivity contribution in [2.45, 2.75) is 45.1 Å². The molecule has 88 valence electrons. The SMILES string of the molecule is COc1ccc(OC2CC2)cc1C(C)(C)C. The lowest BCUT2D eigenvalue weighted by molar-refractivity contribution is 0.301. The molecular formula is C14H20O2. The maximum Gasteiger partial charge on any atom is 0.122 e. The minimum atomic E-state index is 0.0776. The van der Waals surface area contributed by atoms with E-state index in [1.54, 1.807) is 7.11 Å². The highest BCUT2D eigenvalue weighted by molar-refractivity contribution is 5.44. The molecule has 2 nitrogen and oxygen atoms in total. The lowest BCUT2D eigenvalue weighted by atomic mass is 9.86. The van der Waals surface area contributed by atoms with E-state index < -0.39 is 0 Å². The maximum absolute atomic E-state index is 5.81. The van der Waals surface area contributed by atoms with E-state index in [-0.39, 0.29) is 5.41 Å². The van der Waals surface area contributed by atoms with Gasteiger partial charge in [0.2, 0.25) is 0 Å². The summed E-state index contributed by atoms with van der Waals surface area (Å²) in [5.41, 5.74) is 1.28. The number of rotatable bonds is 3. The van der Waals surface area contributed by atoms with E-state index in [0.717, 1.165) is 11.5 Å². The summed E-state index contributed by atoms with van der Waals surface area (Å²) < 4.78 is 11.2. The monoisotopic (exact) mass is 220 g/mol. The minimum Gasteiger partial charge on any atom is -0.496 e. The van der Waals surface area contributed by atoms with Crippen LogP contribution in [0.4, 0.5) is 0 Å². The Kier molecular flexibility index (Phi) is 2.83. The van der Waals surface area contributed by atoms with Crippen LogP contribution in [0.3, 0.4) is 0 Å². The van der Waals surface area contributed by atoms with Crippen molar-refractivity contribution in [3.05, 3.63) is 23.8 Å². The summed E-state index contributed by atoms with van der Waals surface area (Å²) in [6.45, 7) is 6.56. The fourth-order valence-corrected chi connectivity index (χ4v) is 1.72.